The van der Waals surface area contributed by atoms with Crippen LogP contribution in [0.4, 0.5) is 0 Å². The van der Waals surface area contributed by atoms with Crippen molar-refractivity contribution < 1.29 is 9.59 Å². The van der Waals surface area contributed by atoms with Crippen LogP contribution in [0.3, 0.4) is 0 Å². The largest absolute Gasteiger partial charge is 0.346 e. The Bertz CT molecular complexity index is 992. The van der Waals surface area contributed by atoms with Crippen molar-refractivity contribution in [2.75, 3.05) is 32.4 Å². The summed E-state index contributed by atoms with van der Waals surface area (Å²) < 4.78 is 2.14. The summed E-state index contributed by atoms with van der Waals surface area (Å²) in [6, 6.07) is 15.4. The predicted molar refractivity (Wildman–Crippen MR) is 137 cm³/mol. The Labute approximate surface area is 201 Å². The van der Waals surface area contributed by atoms with Crippen LogP contribution in [0, 0.1) is 12.3 Å². The van der Waals surface area contributed by atoms with Crippen molar-refractivity contribution in [3.63, 3.8) is 0 Å². The third-order valence-corrected chi connectivity index (χ3v) is 7.23. The van der Waals surface area contributed by atoms with Crippen LogP contribution in [0.1, 0.15) is 38.3 Å². The van der Waals surface area contributed by atoms with E-state index < -0.39 is 0 Å². The molecule has 0 saturated carbocycles. The Hall–Kier alpha value is -2.53. The van der Waals surface area contributed by atoms with E-state index in [0.29, 0.717) is 12.1 Å². The van der Waals surface area contributed by atoms with E-state index in [2.05, 4.69) is 75.1 Å². The monoisotopic (exact) mass is 466 g/mol. The molecule has 1 saturated heterocycles. The first-order valence-electron chi connectivity index (χ1n) is 11.5. The first-order chi connectivity index (χ1) is 15.9. The fourth-order valence-electron chi connectivity index (χ4n) is 4.43. The number of nitrogens with zero attached hydrogens (tertiary/aromatic N) is 2. The van der Waals surface area contributed by atoms with E-state index >= 15 is 0 Å². The molecular formula is C26H34N4O2S. The molecule has 0 radical (unpaired) electrons. The van der Waals surface area contributed by atoms with Crippen molar-refractivity contribution in [2.45, 2.75) is 44.8 Å². The second-order valence-corrected chi connectivity index (χ2v) is 9.34. The molecule has 3 rings (SSSR count). The van der Waals surface area contributed by atoms with Crippen molar-refractivity contribution >= 4 is 34.5 Å². The van der Waals surface area contributed by atoms with Gasteiger partial charge >= 0.3 is 0 Å². The van der Waals surface area contributed by atoms with Gasteiger partial charge in [-0.05, 0) is 49.3 Å². The summed E-state index contributed by atoms with van der Waals surface area (Å²) in [4.78, 5) is 26.8. The molecule has 2 aromatic carbocycles. The van der Waals surface area contributed by atoms with E-state index in [-0.39, 0.29) is 30.9 Å². The Morgan fingerprint density at radius 1 is 1.15 bits per heavy atom. The number of carbonyl (C=O) groups excluding carboxylic acids is 2. The molecule has 2 aromatic rings. The molecule has 1 heterocycles. The number of hydrogen-bond donors (Lipinski definition) is 2. The molecular weight excluding hydrogens is 432 g/mol. The van der Waals surface area contributed by atoms with E-state index in [0.717, 1.165) is 25.9 Å². The lowest BCUT2D eigenvalue weighted by Crippen LogP contribution is -2.47. The van der Waals surface area contributed by atoms with E-state index in [9.17, 15) is 9.59 Å². The molecule has 0 aliphatic carbocycles. The highest BCUT2D eigenvalue weighted by Crippen LogP contribution is 2.31. The molecule has 0 spiro atoms. The van der Waals surface area contributed by atoms with Crippen molar-refractivity contribution in [1.29, 1.82) is 0 Å². The molecule has 2 amide bonds. The van der Waals surface area contributed by atoms with Crippen molar-refractivity contribution in [3.8, 4) is 12.3 Å². The average molecular weight is 467 g/mol. The maximum absolute atomic E-state index is 12.4. The summed E-state index contributed by atoms with van der Waals surface area (Å²) in [5, 5.41) is 7.93. The minimum atomic E-state index is -0.349. The number of fused-ring (bicyclic) bond motifs is 1. The summed E-state index contributed by atoms with van der Waals surface area (Å²) in [6.45, 7) is 6.19. The molecule has 1 aliphatic heterocycles. The Balaban J connectivity index is 1.51. The van der Waals surface area contributed by atoms with Gasteiger partial charge in [0.25, 0.3) is 0 Å². The van der Waals surface area contributed by atoms with Gasteiger partial charge in [-0.3, -0.25) is 14.5 Å². The molecule has 2 atom stereocenters. The second kappa shape index (κ2) is 12.1. The van der Waals surface area contributed by atoms with Crippen LogP contribution in [-0.2, 0) is 9.59 Å². The number of piperidine rings is 1. The van der Waals surface area contributed by atoms with Gasteiger partial charge in [-0.25, -0.2) is 4.31 Å². The Kier molecular flexibility index (Phi) is 9.19. The smallest absolute Gasteiger partial charge is 0.240 e. The molecule has 1 aliphatic rings. The Morgan fingerprint density at radius 2 is 1.85 bits per heavy atom. The third-order valence-electron chi connectivity index (χ3n) is 6.34. The number of likely N-dealkylation sites (tertiary alicyclic amines) is 1. The predicted octanol–water partition coefficient (Wildman–Crippen LogP) is 3.20. The number of hydrogen-bond acceptors (Lipinski definition) is 5. The summed E-state index contributed by atoms with van der Waals surface area (Å²) in [5.41, 5.74) is 1.37. The zero-order chi connectivity index (χ0) is 23.8. The lowest BCUT2D eigenvalue weighted by molar-refractivity contribution is -0.126. The average Bonchev–Trinajstić information content (AvgIpc) is 2.85. The van der Waals surface area contributed by atoms with Crippen molar-refractivity contribution in [3.05, 3.63) is 48.0 Å². The summed E-state index contributed by atoms with van der Waals surface area (Å²) in [6.07, 6.45) is 9.27. The van der Waals surface area contributed by atoms with E-state index in [4.69, 9.17) is 6.42 Å². The first-order valence-corrected chi connectivity index (χ1v) is 12.7. The lowest BCUT2D eigenvalue weighted by Gasteiger charge is -2.40. The van der Waals surface area contributed by atoms with Crippen LogP contribution >= 0.6 is 11.9 Å². The van der Waals surface area contributed by atoms with Crippen LogP contribution in [-0.4, -0.2) is 65.5 Å². The van der Waals surface area contributed by atoms with Gasteiger partial charge < -0.3 is 10.6 Å². The number of rotatable bonds is 9. The quantitative estimate of drug-likeness (QED) is 0.439. The van der Waals surface area contributed by atoms with Gasteiger partial charge in [-0.15, -0.1) is 6.42 Å². The number of nitrogens with one attached hydrogen (secondary N) is 2. The van der Waals surface area contributed by atoms with Crippen LogP contribution in [0.5, 0.6) is 0 Å². The van der Waals surface area contributed by atoms with E-state index in [1.807, 2.05) is 6.26 Å². The maximum Gasteiger partial charge on any atom is 0.240 e. The fourth-order valence-corrected chi connectivity index (χ4v) is 5.18. The van der Waals surface area contributed by atoms with Gasteiger partial charge in [-0.1, -0.05) is 60.3 Å². The number of amides is 2. The second-order valence-electron chi connectivity index (χ2n) is 8.50. The molecule has 0 aromatic heterocycles. The summed E-state index contributed by atoms with van der Waals surface area (Å²) in [5.74, 6) is 2.01. The topological polar surface area (TPSA) is 64.7 Å². The highest BCUT2D eigenvalue weighted by atomic mass is 32.2. The van der Waals surface area contributed by atoms with Gasteiger partial charge in [0.05, 0.1) is 19.1 Å². The van der Waals surface area contributed by atoms with Crippen LogP contribution in [0.2, 0.25) is 0 Å². The third kappa shape index (κ3) is 6.73. The molecule has 33 heavy (non-hydrogen) atoms. The SMILES string of the molecule is C#CC(C)NC(=O)CNC(=O)CN(SC)C1CCN(C(C)c2cccc3ccccc23)CC1. The molecule has 176 valence electrons. The fraction of sp³-hybridized carbons (Fsp3) is 0.462. The van der Waals surface area contributed by atoms with Gasteiger partial charge in [-0.2, -0.15) is 0 Å². The first kappa shape index (κ1) is 25.1. The van der Waals surface area contributed by atoms with Gasteiger partial charge in [0.2, 0.25) is 11.8 Å². The van der Waals surface area contributed by atoms with Gasteiger partial charge in [0.15, 0.2) is 0 Å². The number of benzene rings is 2. The standard InChI is InChI=1S/C26H34N4O2S/c1-5-19(2)28-25(31)17-27-26(32)18-30(33-4)22-13-15-29(16-14-22)20(3)23-12-8-10-21-9-6-7-11-24(21)23/h1,6-12,19-20,22H,13-18H2,2-4H3,(H,27,32)(H,28,31). The molecule has 6 nitrogen and oxygen atoms in total. The van der Waals surface area contributed by atoms with Crippen LogP contribution in [0.15, 0.2) is 42.5 Å². The van der Waals surface area contributed by atoms with E-state index in [1.165, 1.54) is 16.3 Å². The summed E-state index contributed by atoms with van der Waals surface area (Å²) in [7, 11) is 0. The normalized spacial score (nSPS) is 16.8. The van der Waals surface area contributed by atoms with Crippen molar-refractivity contribution in [1.82, 2.24) is 19.8 Å². The van der Waals surface area contributed by atoms with Crippen LogP contribution < -0.4 is 10.6 Å². The highest BCUT2D eigenvalue weighted by Gasteiger charge is 2.28. The van der Waals surface area contributed by atoms with Crippen molar-refractivity contribution in [2.24, 2.45) is 0 Å². The minimum absolute atomic E-state index is 0.0614. The number of terminal acetylenes is 1. The highest BCUT2D eigenvalue weighted by molar-refractivity contribution is 7.96. The van der Waals surface area contributed by atoms with Crippen LogP contribution in [0.25, 0.3) is 10.8 Å². The molecule has 7 heteroatoms. The summed E-state index contributed by atoms with van der Waals surface area (Å²) >= 11 is 1.59. The lowest BCUT2D eigenvalue weighted by atomic mass is 9.96. The molecule has 2 unspecified atom stereocenters. The molecule has 0 bridgehead atoms. The molecule has 2 N–H and O–H groups in total. The van der Waals surface area contributed by atoms with E-state index in [1.54, 1.807) is 18.9 Å². The zero-order valence-corrected chi connectivity index (χ0v) is 20.5. The zero-order valence-electron chi connectivity index (χ0n) is 19.7. The van der Waals surface area contributed by atoms with Gasteiger partial charge in [0.1, 0.15) is 0 Å². The Morgan fingerprint density at radius 3 is 2.55 bits per heavy atom. The molecule has 1 fully saturated rings. The van der Waals surface area contributed by atoms with Gasteiger partial charge in [0, 0.05) is 25.2 Å². The number of carbonyl (C=O) groups is 2. The maximum atomic E-state index is 12.4. The minimum Gasteiger partial charge on any atom is -0.346 e.